The van der Waals surface area contributed by atoms with Crippen molar-refractivity contribution in [1.29, 1.82) is 0 Å². The van der Waals surface area contributed by atoms with Crippen LogP contribution in [0, 0.1) is 6.92 Å². The molecule has 10 nitrogen and oxygen atoms in total. The zero-order chi connectivity index (χ0) is 26.3. The van der Waals surface area contributed by atoms with E-state index in [1.165, 1.54) is 19.1 Å². The molecule has 3 N–H and O–H groups in total. The van der Waals surface area contributed by atoms with E-state index in [2.05, 4.69) is 15.2 Å². The summed E-state index contributed by atoms with van der Waals surface area (Å²) >= 11 is 0. The predicted molar refractivity (Wildman–Crippen MR) is 113 cm³/mol. The lowest BCUT2D eigenvalue weighted by molar-refractivity contribution is -0.242. The highest BCUT2D eigenvalue weighted by molar-refractivity contribution is 7.92. The fourth-order valence-electron chi connectivity index (χ4n) is 3.11. The number of rotatable bonds is 6. The summed E-state index contributed by atoms with van der Waals surface area (Å²) in [6.45, 7) is -0.898. The molecule has 1 aliphatic heterocycles. The van der Waals surface area contributed by atoms with E-state index in [1.807, 2.05) is 0 Å². The topological polar surface area (TPSA) is 129 Å². The molecule has 2 aromatic rings. The second-order valence-electron chi connectivity index (χ2n) is 8.05. The van der Waals surface area contributed by atoms with Crippen molar-refractivity contribution < 1.29 is 44.6 Å². The average Bonchev–Trinajstić information content (AvgIpc) is 3.14. The largest absolute Gasteiger partial charge is 0.485 e. The SMILES string of the molecule is Cc1nn(C(F)F)cc1S(=O)(=O)N1C[C@H](CN)Oc2ccc(NC(=O)OC(C)(C)C(F)(F)F)cc21. The molecule has 0 radical (unpaired) electrons. The Hall–Kier alpha value is -3.14. The molecule has 2 heterocycles. The molecule has 1 aliphatic rings. The maximum atomic E-state index is 13.4. The van der Waals surface area contributed by atoms with Crippen LogP contribution in [0.4, 0.5) is 38.1 Å². The molecular formula is C19H22F5N5O5S. The average molecular weight is 527 g/mol. The first kappa shape index (κ1) is 26.5. The molecule has 1 atom stereocenters. The highest BCUT2D eigenvalue weighted by Gasteiger charge is 2.51. The van der Waals surface area contributed by atoms with E-state index in [-0.39, 0.29) is 40.6 Å². The molecule has 0 saturated carbocycles. The van der Waals surface area contributed by atoms with Gasteiger partial charge in [0.25, 0.3) is 10.0 Å². The van der Waals surface area contributed by atoms with Crippen LogP contribution in [-0.2, 0) is 14.8 Å². The van der Waals surface area contributed by atoms with Crippen LogP contribution in [0.1, 0.15) is 26.1 Å². The van der Waals surface area contributed by atoms with Crippen molar-refractivity contribution in [3.8, 4) is 5.75 Å². The van der Waals surface area contributed by atoms with Gasteiger partial charge in [-0.1, -0.05) is 0 Å². The number of aromatic nitrogens is 2. The summed E-state index contributed by atoms with van der Waals surface area (Å²) in [5.74, 6) is 0.0312. The minimum absolute atomic E-state index is 0.0312. The van der Waals surface area contributed by atoms with Gasteiger partial charge in [0.15, 0.2) is 0 Å². The van der Waals surface area contributed by atoms with Gasteiger partial charge in [0.05, 0.1) is 24.1 Å². The van der Waals surface area contributed by atoms with E-state index in [1.54, 1.807) is 0 Å². The van der Waals surface area contributed by atoms with Crippen molar-refractivity contribution in [3.05, 3.63) is 30.1 Å². The number of aryl methyl sites for hydroxylation is 1. The number of nitrogens with one attached hydrogen (secondary N) is 1. The molecule has 0 bridgehead atoms. The van der Waals surface area contributed by atoms with E-state index >= 15 is 0 Å². The molecule has 16 heteroatoms. The number of fused-ring (bicyclic) bond motifs is 1. The number of amides is 1. The number of benzene rings is 1. The smallest absolute Gasteiger partial charge is 0.427 e. The first-order valence-corrected chi connectivity index (χ1v) is 11.4. The van der Waals surface area contributed by atoms with Crippen molar-refractivity contribution in [2.24, 2.45) is 5.73 Å². The van der Waals surface area contributed by atoms with E-state index in [0.717, 1.165) is 10.4 Å². The fraction of sp³-hybridized carbons (Fsp3) is 0.474. The maximum Gasteiger partial charge on any atom is 0.427 e. The Morgan fingerprint density at radius 3 is 2.54 bits per heavy atom. The Morgan fingerprint density at radius 1 is 1.34 bits per heavy atom. The number of nitrogens with two attached hydrogens (primary N) is 1. The van der Waals surface area contributed by atoms with Crippen LogP contribution >= 0.6 is 0 Å². The summed E-state index contributed by atoms with van der Waals surface area (Å²) in [7, 11) is -4.47. The second-order valence-corrected chi connectivity index (χ2v) is 9.88. The van der Waals surface area contributed by atoms with Crippen molar-refractivity contribution >= 4 is 27.5 Å². The summed E-state index contributed by atoms with van der Waals surface area (Å²) in [6.07, 6.45) is -6.39. The minimum Gasteiger partial charge on any atom is -0.485 e. The van der Waals surface area contributed by atoms with Crippen LogP contribution in [0.15, 0.2) is 29.3 Å². The first-order valence-electron chi connectivity index (χ1n) is 10.0. The van der Waals surface area contributed by atoms with Crippen molar-refractivity contribution in [1.82, 2.24) is 9.78 Å². The standard InChI is InChI=1S/C19H22F5N5O5S/c1-10-15(9-28(27-10)16(20)21)35(31,32)29-8-12(7-25)33-14-5-4-11(6-13(14)29)26-17(30)34-18(2,3)19(22,23)24/h4-6,9,12,16H,7-8,25H2,1-3H3,(H,26,30)/t12-/m0/s1. The Kier molecular flexibility index (Phi) is 6.91. The maximum absolute atomic E-state index is 13.4. The van der Waals surface area contributed by atoms with Gasteiger partial charge in [-0.05, 0) is 39.0 Å². The Bertz CT molecular complexity index is 1220. The number of hydrogen-bond donors (Lipinski definition) is 2. The minimum atomic E-state index is -4.84. The van der Waals surface area contributed by atoms with E-state index < -0.39 is 45.4 Å². The normalized spacial score (nSPS) is 16.6. The van der Waals surface area contributed by atoms with E-state index in [4.69, 9.17) is 10.5 Å². The summed E-state index contributed by atoms with van der Waals surface area (Å²) in [5, 5.41) is 5.63. The van der Waals surface area contributed by atoms with Crippen molar-refractivity contribution in [3.63, 3.8) is 0 Å². The number of halogens is 5. The van der Waals surface area contributed by atoms with Crippen LogP contribution in [0.25, 0.3) is 0 Å². The fourth-order valence-corrected chi connectivity index (χ4v) is 4.77. The Morgan fingerprint density at radius 2 is 2.00 bits per heavy atom. The summed E-state index contributed by atoms with van der Waals surface area (Å²) in [5.41, 5.74) is 2.45. The zero-order valence-electron chi connectivity index (χ0n) is 18.6. The van der Waals surface area contributed by atoms with Gasteiger partial charge in [0.2, 0.25) is 5.60 Å². The molecule has 1 aromatic heterocycles. The molecule has 35 heavy (non-hydrogen) atoms. The first-order chi connectivity index (χ1) is 16.1. The van der Waals surface area contributed by atoms with Crippen LogP contribution in [0.3, 0.4) is 0 Å². The van der Waals surface area contributed by atoms with Gasteiger partial charge in [-0.2, -0.15) is 27.1 Å². The van der Waals surface area contributed by atoms with Crippen LogP contribution in [-0.4, -0.2) is 55.3 Å². The monoisotopic (exact) mass is 527 g/mol. The van der Waals surface area contributed by atoms with Crippen LogP contribution in [0.5, 0.6) is 5.75 Å². The van der Waals surface area contributed by atoms with Crippen LogP contribution < -0.4 is 20.1 Å². The van der Waals surface area contributed by atoms with Gasteiger partial charge in [0, 0.05) is 12.2 Å². The number of anilines is 2. The molecule has 0 fully saturated rings. The molecule has 0 unspecified atom stereocenters. The number of nitrogens with zero attached hydrogens (tertiary/aromatic N) is 3. The molecule has 0 spiro atoms. The zero-order valence-corrected chi connectivity index (χ0v) is 19.5. The van der Waals surface area contributed by atoms with Crippen LogP contribution in [0.2, 0.25) is 0 Å². The quantitative estimate of drug-likeness (QED) is 0.551. The second kappa shape index (κ2) is 9.14. The van der Waals surface area contributed by atoms with Gasteiger partial charge in [0.1, 0.15) is 16.7 Å². The van der Waals surface area contributed by atoms with E-state index in [9.17, 15) is 35.2 Å². The molecular weight excluding hydrogens is 505 g/mol. The van der Waals surface area contributed by atoms with Gasteiger partial charge in [-0.15, -0.1) is 0 Å². The highest BCUT2D eigenvalue weighted by Crippen LogP contribution is 2.40. The summed E-state index contributed by atoms with van der Waals surface area (Å²) in [6, 6.07) is 3.67. The van der Waals surface area contributed by atoms with Gasteiger partial charge in [-0.3, -0.25) is 9.62 Å². The van der Waals surface area contributed by atoms with E-state index in [0.29, 0.717) is 20.0 Å². The number of sulfonamides is 1. The Labute approximate surface area is 196 Å². The van der Waals surface area contributed by atoms with Crippen molar-refractivity contribution in [2.75, 3.05) is 22.7 Å². The number of carbonyl (C=O) groups excluding carboxylic acids is 1. The molecule has 1 amide bonds. The lowest BCUT2D eigenvalue weighted by atomic mass is 10.1. The third kappa shape index (κ3) is 5.27. The van der Waals surface area contributed by atoms with Gasteiger partial charge >= 0.3 is 18.8 Å². The molecule has 0 aliphatic carbocycles. The summed E-state index contributed by atoms with van der Waals surface area (Å²) in [4.78, 5) is 11.6. The van der Waals surface area contributed by atoms with Crippen molar-refractivity contribution in [2.45, 2.75) is 50.1 Å². The third-order valence-electron chi connectivity index (χ3n) is 5.07. The number of hydrogen-bond acceptors (Lipinski definition) is 7. The lowest BCUT2D eigenvalue weighted by Gasteiger charge is -2.35. The lowest BCUT2D eigenvalue weighted by Crippen LogP contribution is -2.46. The number of ether oxygens (including phenoxy) is 2. The number of alkyl halides is 5. The van der Waals surface area contributed by atoms with Gasteiger partial charge in [-0.25, -0.2) is 17.9 Å². The predicted octanol–water partition coefficient (Wildman–Crippen LogP) is 3.39. The molecule has 1 aromatic carbocycles. The molecule has 0 saturated heterocycles. The summed E-state index contributed by atoms with van der Waals surface area (Å²) < 4.78 is 103. The van der Waals surface area contributed by atoms with Gasteiger partial charge < -0.3 is 15.2 Å². The highest BCUT2D eigenvalue weighted by atomic mass is 32.2. The molecule has 194 valence electrons. The molecule has 3 rings (SSSR count). The Balaban J connectivity index is 1.97. The third-order valence-corrected chi connectivity index (χ3v) is 6.95. The number of carbonyl (C=O) groups is 1.